The van der Waals surface area contributed by atoms with E-state index in [-0.39, 0.29) is 37.8 Å². The summed E-state index contributed by atoms with van der Waals surface area (Å²) in [6, 6.07) is -0.113. The largest absolute Gasteiger partial charge is 0.391 e. The molecule has 0 spiro atoms. The third kappa shape index (κ3) is 4.00. The molecule has 3 N–H and O–H groups in total. The van der Waals surface area contributed by atoms with Gasteiger partial charge in [0.25, 0.3) is 0 Å². The van der Waals surface area contributed by atoms with Gasteiger partial charge in [-0.05, 0) is 25.7 Å². The molecule has 1 aliphatic carbocycles. The zero-order chi connectivity index (χ0) is 12.2. The van der Waals surface area contributed by atoms with E-state index in [0.717, 1.165) is 0 Å². The third-order valence-electron chi connectivity index (χ3n) is 2.93. The van der Waals surface area contributed by atoms with Gasteiger partial charge in [-0.15, -0.1) is 0 Å². The van der Waals surface area contributed by atoms with Crippen molar-refractivity contribution >= 4 is 5.91 Å². The van der Waals surface area contributed by atoms with Crippen LogP contribution in [0.5, 0.6) is 0 Å². The summed E-state index contributed by atoms with van der Waals surface area (Å²) in [5, 5.41) is 2.71. The summed E-state index contributed by atoms with van der Waals surface area (Å²) in [6.07, 6.45) is -2.83. The number of nitrogens with one attached hydrogen (secondary N) is 1. The Morgan fingerprint density at radius 3 is 2.25 bits per heavy atom. The molecule has 0 heterocycles. The van der Waals surface area contributed by atoms with Crippen LogP contribution in [0.2, 0.25) is 0 Å². The molecule has 0 unspecified atom stereocenters. The molecule has 1 saturated carbocycles. The second-order valence-corrected chi connectivity index (χ2v) is 4.20. The first-order chi connectivity index (χ1) is 7.43. The molecular weight excluding hydrogens is 221 g/mol. The first-order valence-corrected chi connectivity index (χ1v) is 5.49. The maximum atomic E-state index is 12.3. The fourth-order valence-electron chi connectivity index (χ4n) is 2.00. The lowest BCUT2D eigenvalue weighted by molar-refractivity contribution is -0.182. The molecule has 16 heavy (non-hydrogen) atoms. The quantitative estimate of drug-likeness (QED) is 0.784. The Labute approximate surface area is 92.6 Å². The molecule has 0 aromatic heterocycles. The Morgan fingerprint density at radius 1 is 1.25 bits per heavy atom. The average molecular weight is 238 g/mol. The second kappa shape index (κ2) is 5.52. The van der Waals surface area contributed by atoms with E-state index in [1.165, 1.54) is 0 Å². The van der Waals surface area contributed by atoms with Gasteiger partial charge >= 0.3 is 6.18 Å². The molecule has 0 aromatic rings. The lowest BCUT2D eigenvalue weighted by Gasteiger charge is -2.30. The summed E-state index contributed by atoms with van der Waals surface area (Å²) in [4.78, 5) is 11.2. The highest BCUT2D eigenvalue weighted by atomic mass is 19.4. The third-order valence-corrected chi connectivity index (χ3v) is 2.93. The number of nitrogens with two attached hydrogens (primary N) is 1. The van der Waals surface area contributed by atoms with Crippen LogP contribution in [0.4, 0.5) is 13.2 Å². The number of hydrogen-bond donors (Lipinski definition) is 2. The van der Waals surface area contributed by atoms with E-state index in [0.29, 0.717) is 12.8 Å². The van der Waals surface area contributed by atoms with E-state index in [1.54, 1.807) is 0 Å². The fraction of sp³-hybridized carbons (Fsp3) is 0.900. The van der Waals surface area contributed by atoms with Gasteiger partial charge < -0.3 is 11.1 Å². The van der Waals surface area contributed by atoms with Crippen LogP contribution < -0.4 is 11.1 Å². The summed E-state index contributed by atoms with van der Waals surface area (Å²) < 4.78 is 37.0. The number of alkyl halides is 3. The maximum absolute atomic E-state index is 12.3. The molecule has 1 fully saturated rings. The van der Waals surface area contributed by atoms with Crippen molar-refractivity contribution in [1.82, 2.24) is 5.32 Å². The lowest BCUT2D eigenvalue weighted by atomic mass is 9.85. The summed E-state index contributed by atoms with van der Waals surface area (Å²) >= 11 is 0. The molecule has 0 atom stereocenters. The standard InChI is InChI=1S/C10H17F3N2O/c11-10(12,13)7-1-3-8(4-2-7)15-9(16)5-6-14/h7-8H,1-6,14H2,(H,15,16). The summed E-state index contributed by atoms with van der Waals surface area (Å²) in [5.41, 5.74) is 5.20. The van der Waals surface area contributed by atoms with Crippen LogP contribution >= 0.6 is 0 Å². The monoisotopic (exact) mass is 238 g/mol. The normalized spacial score (nSPS) is 26.5. The highest BCUT2D eigenvalue weighted by Gasteiger charge is 2.41. The molecule has 94 valence electrons. The van der Waals surface area contributed by atoms with Gasteiger partial charge in [0, 0.05) is 19.0 Å². The zero-order valence-corrected chi connectivity index (χ0v) is 9.02. The van der Waals surface area contributed by atoms with Crippen LogP contribution in [0.3, 0.4) is 0 Å². The zero-order valence-electron chi connectivity index (χ0n) is 9.02. The molecule has 1 rings (SSSR count). The molecule has 0 radical (unpaired) electrons. The Bertz CT molecular complexity index is 235. The lowest BCUT2D eigenvalue weighted by Crippen LogP contribution is -2.40. The Kier molecular flexibility index (Phi) is 4.58. The van der Waals surface area contributed by atoms with Crippen LogP contribution in [0.15, 0.2) is 0 Å². The van der Waals surface area contributed by atoms with Gasteiger partial charge in [-0.25, -0.2) is 0 Å². The first kappa shape index (κ1) is 13.3. The van der Waals surface area contributed by atoms with Gasteiger partial charge in [0.15, 0.2) is 0 Å². The molecule has 6 heteroatoms. The van der Waals surface area contributed by atoms with Gasteiger partial charge in [-0.2, -0.15) is 13.2 Å². The van der Waals surface area contributed by atoms with E-state index < -0.39 is 12.1 Å². The molecule has 1 aliphatic rings. The first-order valence-electron chi connectivity index (χ1n) is 5.49. The predicted octanol–water partition coefficient (Wildman–Crippen LogP) is 1.57. The van der Waals surface area contributed by atoms with Crippen molar-refractivity contribution in [2.45, 2.75) is 44.3 Å². The predicted molar refractivity (Wildman–Crippen MR) is 53.6 cm³/mol. The summed E-state index contributed by atoms with van der Waals surface area (Å²) in [5.74, 6) is -1.37. The van der Waals surface area contributed by atoms with Gasteiger partial charge in [-0.3, -0.25) is 4.79 Å². The summed E-state index contributed by atoms with van der Waals surface area (Å²) in [7, 11) is 0. The van der Waals surface area contributed by atoms with E-state index in [9.17, 15) is 18.0 Å². The van der Waals surface area contributed by atoms with Crippen molar-refractivity contribution in [3.05, 3.63) is 0 Å². The number of amides is 1. The van der Waals surface area contributed by atoms with Crippen LogP contribution in [-0.4, -0.2) is 24.7 Å². The van der Waals surface area contributed by atoms with Crippen LogP contribution in [0.25, 0.3) is 0 Å². The number of rotatable bonds is 3. The summed E-state index contributed by atoms with van der Waals surface area (Å²) in [6.45, 7) is 0.268. The highest BCUT2D eigenvalue weighted by molar-refractivity contribution is 5.76. The number of halogens is 3. The van der Waals surface area contributed by atoms with Crippen LogP contribution in [0, 0.1) is 5.92 Å². The SMILES string of the molecule is NCCC(=O)NC1CCC(C(F)(F)F)CC1. The van der Waals surface area contributed by atoms with Crippen molar-refractivity contribution in [2.24, 2.45) is 11.7 Å². The van der Waals surface area contributed by atoms with E-state index >= 15 is 0 Å². The van der Waals surface area contributed by atoms with Crippen molar-refractivity contribution in [3.8, 4) is 0 Å². The Hall–Kier alpha value is -0.780. The van der Waals surface area contributed by atoms with E-state index in [4.69, 9.17) is 5.73 Å². The minimum atomic E-state index is -4.09. The molecule has 0 bridgehead atoms. The molecule has 0 aliphatic heterocycles. The number of carbonyl (C=O) groups is 1. The topological polar surface area (TPSA) is 55.1 Å². The van der Waals surface area contributed by atoms with Crippen molar-refractivity contribution < 1.29 is 18.0 Å². The van der Waals surface area contributed by atoms with Crippen LogP contribution in [-0.2, 0) is 4.79 Å². The number of carbonyl (C=O) groups excluding carboxylic acids is 1. The van der Waals surface area contributed by atoms with Gasteiger partial charge in [0.05, 0.1) is 5.92 Å². The average Bonchev–Trinajstić information content (AvgIpc) is 2.17. The number of hydrogen-bond acceptors (Lipinski definition) is 2. The molecule has 0 aromatic carbocycles. The minimum absolute atomic E-state index is 0.108. The van der Waals surface area contributed by atoms with Crippen LogP contribution in [0.1, 0.15) is 32.1 Å². The second-order valence-electron chi connectivity index (χ2n) is 4.20. The van der Waals surface area contributed by atoms with Gasteiger partial charge in [0.2, 0.25) is 5.91 Å². The van der Waals surface area contributed by atoms with Gasteiger partial charge in [-0.1, -0.05) is 0 Å². The molecule has 3 nitrogen and oxygen atoms in total. The van der Waals surface area contributed by atoms with Gasteiger partial charge in [0.1, 0.15) is 0 Å². The van der Waals surface area contributed by atoms with Crippen molar-refractivity contribution in [3.63, 3.8) is 0 Å². The van der Waals surface area contributed by atoms with Crippen molar-refractivity contribution in [2.75, 3.05) is 6.54 Å². The highest BCUT2D eigenvalue weighted by Crippen LogP contribution is 2.37. The van der Waals surface area contributed by atoms with Crippen molar-refractivity contribution in [1.29, 1.82) is 0 Å². The molecule has 0 saturated heterocycles. The van der Waals surface area contributed by atoms with E-state index in [2.05, 4.69) is 5.32 Å². The smallest absolute Gasteiger partial charge is 0.353 e. The molecular formula is C10H17F3N2O. The Balaban J connectivity index is 2.30. The Morgan fingerprint density at radius 2 is 1.81 bits per heavy atom. The minimum Gasteiger partial charge on any atom is -0.353 e. The fourth-order valence-corrected chi connectivity index (χ4v) is 2.00. The molecule has 1 amide bonds. The van der Waals surface area contributed by atoms with E-state index in [1.807, 2.05) is 0 Å². The maximum Gasteiger partial charge on any atom is 0.391 e.